The van der Waals surface area contributed by atoms with Crippen LogP contribution in [0.15, 0.2) is 6.20 Å². The number of amides is 1. The zero-order valence-electron chi connectivity index (χ0n) is 11.6. The third kappa shape index (κ3) is 3.25. The van der Waals surface area contributed by atoms with Crippen molar-refractivity contribution in [1.29, 1.82) is 0 Å². The summed E-state index contributed by atoms with van der Waals surface area (Å²) >= 11 is 5.82. The van der Waals surface area contributed by atoms with E-state index in [2.05, 4.69) is 18.9 Å². The highest BCUT2D eigenvalue weighted by Gasteiger charge is 2.24. The van der Waals surface area contributed by atoms with E-state index >= 15 is 0 Å². The van der Waals surface area contributed by atoms with Crippen LogP contribution in [0.2, 0.25) is 0 Å². The highest BCUT2D eigenvalue weighted by molar-refractivity contribution is 6.18. The highest BCUT2D eigenvalue weighted by atomic mass is 35.5. The lowest BCUT2D eigenvalue weighted by Crippen LogP contribution is -2.41. The largest absolute Gasteiger partial charge is 0.334 e. The summed E-state index contributed by atoms with van der Waals surface area (Å²) < 4.78 is 1.67. The monoisotopic (exact) mass is 271 g/mol. The van der Waals surface area contributed by atoms with Gasteiger partial charge in [-0.25, -0.2) is 0 Å². The van der Waals surface area contributed by atoms with Crippen LogP contribution in [0.25, 0.3) is 0 Å². The normalized spacial score (nSPS) is 11.0. The van der Waals surface area contributed by atoms with Gasteiger partial charge in [-0.15, -0.1) is 11.6 Å². The zero-order chi connectivity index (χ0) is 13.7. The van der Waals surface area contributed by atoms with Crippen LogP contribution < -0.4 is 0 Å². The van der Waals surface area contributed by atoms with Crippen molar-refractivity contribution in [2.75, 3.05) is 12.4 Å². The number of aryl methyl sites for hydroxylation is 2. The summed E-state index contributed by atoms with van der Waals surface area (Å²) in [6, 6.07) is 0.246. The van der Waals surface area contributed by atoms with E-state index < -0.39 is 0 Å². The molecule has 0 bridgehead atoms. The van der Waals surface area contributed by atoms with Gasteiger partial charge in [-0.3, -0.25) is 9.48 Å². The Labute approximate surface area is 114 Å². The molecule has 1 amide bonds. The first-order valence-electron chi connectivity index (χ1n) is 6.42. The van der Waals surface area contributed by atoms with Crippen LogP contribution in [0.3, 0.4) is 0 Å². The average molecular weight is 272 g/mol. The Morgan fingerprint density at radius 2 is 2.11 bits per heavy atom. The molecule has 0 saturated heterocycles. The van der Waals surface area contributed by atoms with Crippen molar-refractivity contribution in [3.8, 4) is 0 Å². The lowest BCUT2D eigenvalue weighted by Gasteiger charge is -2.29. The number of hydrogen-bond acceptors (Lipinski definition) is 2. The summed E-state index contributed by atoms with van der Waals surface area (Å²) in [6.07, 6.45) is 3.66. The molecule has 0 spiro atoms. The first-order valence-corrected chi connectivity index (χ1v) is 6.95. The fourth-order valence-corrected chi connectivity index (χ4v) is 2.42. The van der Waals surface area contributed by atoms with E-state index in [0.717, 1.165) is 18.5 Å². The number of alkyl halides is 1. The Kier molecular flexibility index (Phi) is 5.66. The third-order valence-corrected chi connectivity index (χ3v) is 3.38. The first kappa shape index (κ1) is 15.0. The van der Waals surface area contributed by atoms with Gasteiger partial charge in [0, 0.05) is 31.7 Å². The van der Waals surface area contributed by atoms with E-state index in [-0.39, 0.29) is 11.9 Å². The molecule has 1 aromatic heterocycles. The fraction of sp³-hybridized carbons (Fsp3) is 0.692. The molecule has 4 nitrogen and oxygen atoms in total. The lowest BCUT2D eigenvalue weighted by atomic mass is 10.1. The maximum absolute atomic E-state index is 12.5. The molecule has 0 unspecified atom stereocenters. The second-order valence-corrected chi connectivity index (χ2v) is 4.84. The van der Waals surface area contributed by atoms with Crippen LogP contribution in [-0.2, 0) is 7.05 Å². The van der Waals surface area contributed by atoms with Gasteiger partial charge in [0.15, 0.2) is 0 Å². The third-order valence-electron chi connectivity index (χ3n) is 3.21. The van der Waals surface area contributed by atoms with E-state index in [1.807, 2.05) is 18.9 Å². The minimum absolute atomic E-state index is 0.0370. The molecule has 5 heteroatoms. The van der Waals surface area contributed by atoms with Gasteiger partial charge in [0.1, 0.15) is 0 Å². The van der Waals surface area contributed by atoms with Crippen LogP contribution in [0.5, 0.6) is 0 Å². The molecule has 0 aromatic carbocycles. The van der Waals surface area contributed by atoms with Gasteiger partial charge in [0.25, 0.3) is 5.91 Å². The second kappa shape index (κ2) is 6.78. The van der Waals surface area contributed by atoms with Gasteiger partial charge < -0.3 is 4.90 Å². The Balaban J connectivity index is 2.98. The van der Waals surface area contributed by atoms with Gasteiger partial charge in [-0.05, 0) is 19.8 Å². The van der Waals surface area contributed by atoms with E-state index in [1.165, 1.54) is 0 Å². The maximum atomic E-state index is 12.5. The summed E-state index contributed by atoms with van der Waals surface area (Å²) in [5.41, 5.74) is 1.45. The molecule has 0 saturated carbocycles. The fourth-order valence-electron chi connectivity index (χ4n) is 2.23. The number of hydrogen-bond donors (Lipinski definition) is 0. The molecule has 0 atom stereocenters. The summed E-state index contributed by atoms with van der Waals surface area (Å²) in [7, 11) is 1.83. The molecule has 0 aliphatic heterocycles. The summed E-state index contributed by atoms with van der Waals surface area (Å²) in [5, 5.41) is 4.22. The molecule has 0 aliphatic carbocycles. The van der Waals surface area contributed by atoms with Crippen molar-refractivity contribution in [2.45, 2.75) is 39.7 Å². The molecule has 18 heavy (non-hydrogen) atoms. The van der Waals surface area contributed by atoms with Crippen LogP contribution in [0.4, 0.5) is 0 Å². The highest BCUT2D eigenvalue weighted by Crippen LogP contribution is 2.15. The quantitative estimate of drug-likeness (QED) is 0.746. The van der Waals surface area contributed by atoms with Crippen molar-refractivity contribution in [3.63, 3.8) is 0 Å². The van der Waals surface area contributed by atoms with E-state index in [4.69, 9.17) is 11.6 Å². The van der Waals surface area contributed by atoms with Crippen LogP contribution >= 0.6 is 11.6 Å². The minimum atomic E-state index is 0.0370. The number of carbonyl (C=O) groups is 1. The van der Waals surface area contributed by atoms with Crippen LogP contribution in [-0.4, -0.2) is 39.1 Å². The zero-order valence-corrected chi connectivity index (χ0v) is 12.4. The first-order chi connectivity index (χ1) is 8.54. The van der Waals surface area contributed by atoms with Crippen molar-refractivity contribution in [1.82, 2.24) is 14.7 Å². The molecule has 102 valence electrons. The Morgan fingerprint density at radius 3 is 2.50 bits per heavy atom. The Bertz CT molecular complexity index is 399. The van der Waals surface area contributed by atoms with Gasteiger partial charge >= 0.3 is 0 Å². The van der Waals surface area contributed by atoms with Gasteiger partial charge in [0.2, 0.25) is 0 Å². The standard InChI is InChI=1S/C13H22ClN3O/c1-5-11(6-2)17(8-7-14)13(18)12-9-16(4)15-10(12)3/h9,11H,5-8H2,1-4H3. The lowest BCUT2D eigenvalue weighted by molar-refractivity contribution is 0.0681. The molecule has 0 fully saturated rings. The second-order valence-electron chi connectivity index (χ2n) is 4.46. The molecular weight excluding hydrogens is 250 g/mol. The van der Waals surface area contributed by atoms with Gasteiger partial charge in [-0.2, -0.15) is 5.10 Å². The number of rotatable bonds is 6. The van der Waals surface area contributed by atoms with Crippen molar-refractivity contribution in [3.05, 3.63) is 17.5 Å². The Hall–Kier alpha value is -1.03. The van der Waals surface area contributed by atoms with Gasteiger partial charge in [-0.1, -0.05) is 13.8 Å². The molecule has 1 rings (SSSR count). The molecule has 0 N–H and O–H groups in total. The number of nitrogens with zero attached hydrogens (tertiary/aromatic N) is 3. The number of halogens is 1. The average Bonchev–Trinajstić information content (AvgIpc) is 2.68. The van der Waals surface area contributed by atoms with Gasteiger partial charge in [0.05, 0.1) is 11.3 Å². The minimum Gasteiger partial charge on any atom is -0.334 e. The predicted octanol–water partition coefficient (Wildman–Crippen LogP) is 2.60. The Morgan fingerprint density at radius 1 is 1.50 bits per heavy atom. The number of carbonyl (C=O) groups excluding carboxylic acids is 1. The summed E-state index contributed by atoms with van der Waals surface area (Å²) in [6.45, 7) is 6.64. The summed E-state index contributed by atoms with van der Waals surface area (Å²) in [5.74, 6) is 0.497. The van der Waals surface area contributed by atoms with Crippen LogP contribution in [0.1, 0.15) is 42.7 Å². The smallest absolute Gasteiger partial charge is 0.257 e. The molecule has 0 aliphatic rings. The predicted molar refractivity (Wildman–Crippen MR) is 74.1 cm³/mol. The van der Waals surface area contributed by atoms with E-state index in [9.17, 15) is 4.79 Å². The number of aromatic nitrogens is 2. The van der Waals surface area contributed by atoms with E-state index in [1.54, 1.807) is 10.9 Å². The van der Waals surface area contributed by atoms with Crippen molar-refractivity contribution >= 4 is 17.5 Å². The topological polar surface area (TPSA) is 38.1 Å². The maximum Gasteiger partial charge on any atom is 0.257 e. The summed E-state index contributed by atoms with van der Waals surface area (Å²) in [4.78, 5) is 14.4. The molecule has 1 aromatic rings. The van der Waals surface area contributed by atoms with Crippen molar-refractivity contribution < 1.29 is 4.79 Å². The van der Waals surface area contributed by atoms with Crippen LogP contribution in [0, 0.1) is 6.92 Å². The molecule has 0 radical (unpaired) electrons. The molecule has 1 heterocycles. The van der Waals surface area contributed by atoms with E-state index in [0.29, 0.717) is 18.0 Å². The SMILES string of the molecule is CCC(CC)N(CCCl)C(=O)c1cn(C)nc1C. The van der Waals surface area contributed by atoms with Crippen molar-refractivity contribution in [2.24, 2.45) is 7.05 Å². The molecular formula is C13H22ClN3O.